The smallest absolute Gasteiger partial charge is 0.355 e. The number of hydrogen-bond acceptors (Lipinski definition) is 4. The van der Waals surface area contributed by atoms with E-state index in [9.17, 15) is 18.0 Å². The van der Waals surface area contributed by atoms with Gasteiger partial charge in [-0.3, -0.25) is 9.89 Å². The molecule has 1 N–H and O–H groups in total. The van der Waals surface area contributed by atoms with E-state index in [2.05, 4.69) is 15.2 Å². The van der Waals surface area contributed by atoms with E-state index in [1.807, 2.05) is 0 Å². The fourth-order valence-electron chi connectivity index (χ4n) is 3.91. The molecule has 4 heterocycles. The van der Waals surface area contributed by atoms with Gasteiger partial charge in [-0.15, -0.1) is 0 Å². The Labute approximate surface area is 154 Å². The zero-order valence-electron chi connectivity index (χ0n) is 14.7. The highest BCUT2D eigenvalue weighted by molar-refractivity contribution is 5.80. The number of halogens is 3. The number of fused-ring (bicyclic) bond motifs is 1. The molecule has 1 fully saturated rings. The van der Waals surface area contributed by atoms with E-state index < -0.39 is 11.7 Å². The molecule has 2 aromatic rings. The minimum Gasteiger partial charge on any atom is -0.355 e. The second kappa shape index (κ2) is 6.86. The van der Waals surface area contributed by atoms with Crippen molar-refractivity contribution in [2.24, 2.45) is 5.92 Å². The average Bonchev–Trinajstić information content (AvgIpc) is 3.14. The Bertz CT molecular complexity index is 834. The topological polar surface area (TPSA) is 65.1 Å². The van der Waals surface area contributed by atoms with Crippen molar-refractivity contribution >= 4 is 11.7 Å². The highest BCUT2D eigenvalue weighted by Gasteiger charge is 2.38. The number of alkyl halides is 3. The first-order valence-electron chi connectivity index (χ1n) is 9.00. The van der Waals surface area contributed by atoms with Gasteiger partial charge in [-0.1, -0.05) is 0 Å². The van der Waals surface area contributed by atoms with E-state index in [1.165, 1.54) is 12.3 Å². The van der Waals surface area contributed by atoms with E-state index in [-0.39, 0.29) is 24.2 Å². The van der Waals surface area contributed by atoms with Crippen molar-refractivity contribution in [2.45, 2.75) is 32.0 Å². The highest BCUT2D eigenvalue weighted by atomic mass is 19.4. The molecular formula is C18H20F3N5O. The van der Waals surface area contributed by atoms with Crippen LogP contribution in [0, 0.1) is 5.92 Å². The van der Waals surface area contributed by atoms with Gasteiger partial charge in [0, 0.05) is 50.1 Å². The van der Waals surface area contributed by atoms with Crippen LogP contribution in [0.3, 0.4) is 0 Å². The summed E-state index contributed by atoms with van der Waals surface area (Å²) in [6, 6.07) is 2.33. The monoisotopic (exact) mass is 379 g/mol. The lowest BCUT2D eigenvalue weighted by molar-refractivity contribution is -0.137. The molecule has 0 aromatic carbocycles. The Kier molecular flexibility index (Phi) is 4.53. The number of carbonyl (C=O) groups is 1. The summed E-state index contributed by atoms with van der Waals surface area (Å²) in [5.74, 6) is -0.412. The Morgan fingerprint density at radius 3 is 2.96 bits per heavy atom. The fourth-order valence-corrected chi connectivity index (χ4v) is 3.91. The third kappa shape index (κ3) is 3.50. The number of hydrogen-bond donors (Lipinski definition) is 1. The predicted octanol–water partition coefficient (Wildman–Crippen LogP) is 2.62. The van der Waals surface area contributed by atoms with Crippen molar-refractivity contribution in [1.82, 2.24) is 20.1 Å². The number of nitrogens with zero attached hydrogens (tertiary/aromatic N) is 4. The van der Waals surface area contributed by atoms with E-state index in [4.69, 9.17) is 0 Å². The van der Waals surface area contributed by atoms with Crippen molar-refractivity contribution in [2.75, 3.05) is 24.5 Å². The number of pyridine rings is 1. The molecule has 2 aliphatic rings. The SMILES string of the molecule is O=C(C1CCCN(c2ncccc2C(F)(F)F)C1)N1CCc2[nH]ncc2C1. The third-order valence-corrected chi connectivity index (χ3v) is 5.27. The number of aromatic amines is 1. The van der Waals surface area contributed by atoms with Gasteiger partial charge in [0.15, 0.2) is 0 Å². The molecule has 27 heavy (non-hydrogen) atoms. The van der Waals surface area contributed by atoms with Crippen molar-refractivity contribution in [3.8, 4) is 0 Å². The second-order valence-electron chi connectivity index (χ2n) is 7.04. The van der Waals surface area contributed by atoms with Crippen LogP contribution in [0.5, 0.6) is 0 Å². The molecule has 0 aliphatic carbocycles. The van der Waals surface area contributed by atoms with Gasteiger partial charge < -0.3 is 9.80 Å². The lowest BCUT2D eigenvalue weighted by atomic mass is 9.95. The van der Waals surface area contributed by atoms with Crippen molar-refractivity contribution in [1.29, 1.82) is 0 Å². The van der Waals surface area contributed by atoms with Crippen molar-refractivity contribution in [3.05, 3.63) is 41.3 Å². The zero-order chi connectivity index (χ0) is 19.0. The maximum atomic E-state index is 13.3. The molecular weight excluding hydrogens is 359 g/mol. The second-order valence-corrected chi connectivity index (χ2v) is 7.04. The van der Waals surface area contributed by atoms with Gasteiger partial charge >= 0.3 is 6.18 Å². The molecule has 1 unspecified atom stereocenters. The normalized spacial score (nSPS) is 20.5. The Balaban J connectivity index is 1.50. The zero-order valence-corrected chi connectivity index (χ0v) is 14.7. The van der Waals surface area contributed by atoms with Crippen LogP contribution >= 0.6 is 0 Å². The first-order chi connectivity index (χ1) is 12.9. The summed E-state index contributed by atoms with van der Waals surface area (Å²) in [5.41, 5.74) is 1.30. The Hall–Kier alpha value is -2.58. The summed E-state index contributed by atoms with van der Waals surface area (Å²) in [5, 5.41) is 6.94. The Morgan fingerprint density at radius 1 is 1.30 bits per heavy atom. The maximum Gasteiger partial charge on any atom is 0.419 e. The fraction of sp³-hybridized carbons (Fsp3) is 0.500. The number of H-pyrrole nitrogens is 1. The maximum absolute atomic E-state index is 13.3. The molecule has 1 amide bonds. The summed E-state index contributed by atoms with van der Waals surface area (Å²) in [7, 11) is 0. The molecule has 0 spiro atoms. The minimum atomic E-state index is -4.47. The molecule has 144 valence electrons. The minimum absolute atomic E-state index is 0.00367. The average molecular weight is 379 g/mol. The quantitative estimate of drug-likeness (QED) is 0.871. The first-order valence-corrected chi connectivity index (χ1v) is 9.00. The lowest BCUT2D eigenvalue weighted by Gasteiger charge is -2.37. The highest BCUT2D eigenvalue weighted by Crippen LogP contribution is 2.36. The number of rotatable bonds is 2. The van der Waals surface area contributed by atoms with Gasteiger partial charge in [-0.2, -0.15) is 18.3 Å². The first kappa shape index (κ1) is 17.8. The van der Waals surface area contributed by atoms with E-state index in [0.29, 0.717) is 32.5 Å². The van der Waals surface area contributed by atoms with E-state index in [1.54, 1.807) is 16.0 Å². The third-order valence-electron chi connectivity index (χ3n) is 5.27. The molecule has 1 atom stereocenters. The molecule has 6 nitrogen and oxygen atoms in total. The standard InChI is InChI=1S/C18H20F3N5O/c19-18(20,21)14-4-1-6-22-16(14)25-7-2-3-12(10-25)17(27)26-8-5-15-13(11-26)9-23-24-15/h1,4,6,9,12H,2-3,5,7-8,10-11H2,(H,23,24). The summed E-state index contributed by atoms with van der Waals surface area (Å²) in [6.07, 6.45) is 0.681. The van der Waals surface area contributed by atoms with Gasteiger partial charge in [0.2, 0.25) is 5.91 Å². The number of piperidine rings is 1. The van der Waals surface area contributed by atoms with Crippen LogP contribution in [-0.2, 0) is 23.9 Å². The van der Waals surface area contributed by atoms with E-state index >= 15 is 0 Å². The molecule has 4 rings (SSSR count). The molecule has 0 saturated carbocycles. The summed E-state index contributed by atoms with van der Waals surface area (Å²) >= 11 is 0. The van der Waals surface area contributed by atoms with E-state index in [0.717, 1.165) is 23.7 Å². The van der Waals surface area contributed by atoms with Gasteiger partial charge in [-0.25, -0.2) is 4.98 Å². The number of nitrogens with one attached hydrogen (secondary N) is 1. The molecule has 9 heteroatoms. The molecule has 1 saturated heterocycles. The molecule has 2 aromatic heterocycles. The van der Waals surface area contributed by atoms with Crippen LogP contribution in [-0.4, -0.2) is 45.6 Å². The van der Waals surface area contributed by atoms with Crippen LogP contribution in [0.4, 0.5) is 19.0 Å². The Morgan fingerprint density at radius 2 is 2.15 bits per heavy atom. The van der Waals surface area contributed by atoms with Crippen LogP contribution in [0.1, 0.15) is 29.7 Å². The van der Waals surface area contributed by atoms with Gasteiger partial charge in [0.25, 0.3) is 0 Å². The van der Waals surface area contributed by atoms with Gasteiger partial charge in [-0.05, 0) is 25.0 Å². The van der Waals surface area contributed by atoms with Crippen LogP contribution in [0.2, 0.25) is 0 Å². The number of anilines is 1. The molecule has 0 bridgehead atoms. The largest absolute Gasteiger partial charge is 0.419 e. The van der Waals surface area contributed by atoms with Crippen LogP contribution in [0.25, 0.3) is 0 Å². The lowest BCUT2D eigenvalue weighted by Crippen LogP contribution is -2.46. The molecule has 2 aliphatic heterocycles. The van der Waals surface area contributed by atoms with Gasteiger partial charge in [0.1, 0.15) is 5.82 Å². The summed E-state index contributed by atoms with van der Waals surface area (Å²) < 4.78 is 39.9. The summed E-state index contributed by atoms with van der Waals surface area (Å²) in [4.78, 5) is 20.3. The van der Waals surface area contributed by atoms with Crippen molar-refractivity contribution < 1.29 is 18.0 Å². The molecule has 0 radical (unpaired) electrons. The van der Waals surface area contributed by atoms with Gasteiger partial charge in [0.05, 0.1) is 17.7 Å². The van der Waals surface area contributed by atoms with Crippen LogP contribution < -0.4 is 4.90 Å². The van der Waals surface area contributed by atoms with Crippen molar-refractivity contribution in [3.63, 3.8) is 0 Å². The number of carbonyl (C=O) groups excluding carboxylic acids is 1. The summed E-state index contributed by atoms with van der Waals surface area (Å²) in [6.45, 7) is 1.82. The number of aromatic nitrogens is 3. The van der Waals surface area contributed by atoms with Crippen LogP contribution in [0.15, 0.2) is 24.5 Å². The predicted molar refractivity (Wildman–Crippen MR) is 91.9 cm³/mol. The number of amides is 1.